The average Bonchev–Trinajstić information content (AvgIpc) is 2.62. The average molecular weight is 361 g/mol. The Bertz CT molecular complexity index is 535. The lowest BCUT2D eigenvalue weighted by Gasteiger charge is -2.36. The molecular formula is C23H36O3. The SMILES string of the molecule is CCCCCCOc1ccc(C(=O)O[C@@H]2C[C@@H](C)CC[C@@H]2C(C)C)cc1. The Hall–Kier alpha value is -1.51. The van der Waals surface area contributed by atoms with E-state index < -0.39 is 0 Å². The Morgan fingerprint density at radius 1 is 1.12 bits per heavy atom. The number of rotatable bonds is 9. The summed E-state index contributed by atoms with van der Waals surface area (Å²) in [7, 11) is 0. The fourth-order valence-electron chi connectivity index (χ4n) is 3.86. The standard InChI is InChI=1S/C23H36O3/c1-5-6-7-8-15-25-20-12-10-19(11-13-20)23(24)26-22-16-18(4)9-14-21(22)17(2)3/h10-13,17-18,21-22H,5-9,14-16H2,1-4H3/t18-,21+,22+/m0/s1. The van der Waals surface area contributed by atoms with E-state index in [2.05, 4.69) is 27.7 Å². The van der Waals surface area contributed by atoms with Gasteiger partial charge in [0.1, 0.15) is 11.9 Å². The molecule has 0 radical (unpaired) electrons. The van der Waals surface area contributed by atoms with Crippen LogP contribution in [0, 0.1) is 17.8 Å². The minimum absolute atomic E-state index is 0.0424. The Labute approximate surface area is 159 Å². The summed E-state index contributed by atoms with van der Waals surface area (Å²) in [6.07, 6.45) is 8.18. The molecule has 146 valence electrons. The van der Waals surface area contributed by atoms with Crippen molar-refractivity contribution in [1.82, 2.24) is 0 Å². The first-order valence-electron chi connectivity index (χ1n) is 10.4. The highest BCUT2D eigenvalue weighted by Gasteiger charge is 2.33. The minimum atomic E-state index is -0.204. The lowest BCUT2D eigenvalue weighted by atomic mass is 9.75. The van der Waals surface area contributed by atoms with Gasteiger partial charge in [0.15, 0.2) is 0 Å². The molecule has 0 heterocycles. The van der Waals surface area contributed by atoms with Gasteiger partial charge in [0.25, 0.3) is 0 Å². The molecule has 0 aliphatic heterocycles. The Kier molecular flexibility index (Phi) is 8.47. The van der Waals surface area contributed by atoms with E-state index in [4.69, 9.17) is 9.47 Å². The summed E-state index contributed by atoms with van der Waals surface area (Å²) in [5.41, 5.74) is 0.615. The molecule has 2 rings (SSSR count). The Morgan fingerprint density at radius 2 is 1.85 bits per heavy atom. The van der Waals surface area contributed by atoms with Crippen LogP contribution in [0.1, 0.15) is 83.0 Å². The van der Waals surface area contributed by atoms with Crippen LogP contribution in [-0.4, -0.2) is 18.7 Å². The van der Waals surface area contributed by atoms with E-state index in [-0.39, 0.29) is 12.1 Å². The molecule has 3 atom stereocenters. The van der Waals surface area contributed by atoms with Gasteiger partial charge in [-0.1, -0.05) is 53.4 Å². The third-order valence-electron chi connectivity index (χ3n) is 5.58. The van der Waals surface area contributed by atoms with E-state index in [1.807, 2.05) is 24.3 Å². The Morgan fingerprint density at radius 3 is 2.50 bits per heavy atom. The van der Waals surface area contributed by atoms with E-state index >= 15 is 0 Å². The lowest BCUT2D eigenvalue weighted by Crippen LogP contribution is -2.35. The molecule has 0 aromatic heterocycles. The van der Waals surface area contributed by atoms with Crippen molar-refractivity contribution in [1.29, 1.82) is 0 Å². The summed E-state index contributed by atoms with van der Waals surface area (Å²) in [6.45, 7) is 9.65. The van der Waals surface area contributed by atoms with Crippen molar-refractivity contribution in [2.45, 2.75) is 78.7 Å². The van der Waals surface area contributed by atoms with Crippen LogP contribution in [0.3, 0.4) is 0 Å². The van der Waals surface area contributed by atoms with Gasteiger partial charge in [-0.2, -0.15) is 0 Å². The van der Waals surface area contributed by atoms with E-state index in [9.17, 15) is 4.79 Å². The normalized spacial score (nSPS) is 23.0. The van der Waals surface area contributed by atoms with Crippen molar-refractivity contribution in [3.8, 4) is 5.75 Å². The van der Waals surface area contributed by atoms with Gasteiger partial charge in [0.2, 0.25) is 0 Å². The molecule has 0 saturated heterocycles. The minimum Gasteiger partial charge on any atom is -0.494 e. The molecule has 1 fully saturated rings. The predicted octanol–water partition coefficient (Wildman–Crippen LogP) is 6.26. The summed E-state index contributed by atoms with van der Waals surface area (Å²) < 4.78 is 11.7. The second kappa shape index (κ2) is 10.6. The molecule has 1 aromatic carbocycles. The molecule has 26 heavy (non-hydrogen) atoms. The predicted molar refractivity (Wildman–Crippen MR) is 107 cm³/mol. The molecule has 3 heteroatoms. The van der Waals surface area contributed by atoms with Crippen LogP contribution in [0.15, 0.2) is 24.3 Å². The zero-order valence-electron chi connectivity index (χ0n) is 17.0. The maximum absolute atomic E-state index is 12.6. The number of carbonyl (C=O) groups is 1. The van der Waals surface area contributed by atoms with E-state index in [1.165, 1.54) is 25.7 Å². The second-order valence-electron chi connectivity index (χ2n) is 8.20. The summed E-state index contributed by atoms with van der Waals surface area (Å²) in [5.74, 6) is 2.27. The molecule has 0 N–H and O–H groups in total. The maximum atomic E-state index is 12.6. The molecular weight excluding hydrogens is 324 g/mol. The third kappa shape index (κ3) is 6.34. The van der Waals surface area contributed by atoms with Gasteiger partial charge < -0.3 is 9.47 Å². The van der Waals surface area contributed by atoms with Crippen LogP contribution in [0.2, 0.25) is 0 Å². The van der Waals surface area contributed by atoms with E-state index in [0.29, 0.717) is 23.3 Å². The van der Waals surface area contributed by atoms with Crippen LogP contribution in [-0.2, 0) is 4.74 Å². The number of unbranched alkanes of at least 4 members (excludes halogenated alkanes) is 3. The summed E-state index contributed by atoms with van der Waals surface area (Å²) in [6, 6.07) is 7.39. The van der Waals surface area contributed by atoms with Gasteiger partial charge >= 0.3 is 5.97 Å². The lowest BCUT2D eigenvalue weighted by molar-refractivity contribution is -0.0174. The van der Waals surface area contributed by atoms with E-state index in [0.717, 1.165) is 31.6 Å². The zero-order valence-corrected chi connectivity index (χ0v) is 17.0. The fraction of sp³-hybridized carbons (Fsp3) is 0.696. The molecule has 0 spiro atoms. The van der Waals surface area contributed by atoms with Gasteiger partial charge in [-0.15, -0.1) is 0 Å². The molecule has 1 aromatic rings. The van der Waals surface area contributed by atoms with Crippen LogP contribution >= 0.6 is 0 Å². The van der Waals surface area contributed by atoms with Crippen molar-refractivity contribution in [3.05, 3.63) is 29.8 Å². The summed E-state index contributed by atoms with van der Waals surface area (Å²) in [5, 5.41) is 0. The topological polar surface area (TPSA) is 35.5 Å². The van der Waals surface area contributed by atoms with Crippen LogP contribution < -0.4 is 4.74 Å². The molecule has 0 amide bonds. The fourth-order valence-corrected chi connectivity index (χ4v) is 3.86. The smallest absolute Gasteiger partial charge is 0.338 e. The number of hydrogen-bond acceptors (Lipinski definition) is 3. The summed E-state index contributed by atoms with van der Waals surface area (Å²) >= 11 is 0. The molecule has 1 saturated carbocycles. The molecule has 1 aliphatic rings. The van der Waals surface area contributed by atoms with Crippen molar-refractivity contribution in [3.63, 3.8) is 0 Å². The van der Waals surface area contributed by atoms with Gasteiger partial charge in [0.05, 0.1) is 12.2 Å². The largest absolute Gasteiger partial charge is 0.494 e. The number of carbonyl (C=O) groups excluding carboxylic acids is 1. The number of esters is 1. The van der Waals surface area contributed by atoms with Crippen molar-refractivity contribution in [2.75, 3.05) is 6.61 Å². The quantitative estimate of drug-likeness (QED) is 0.385. The molecule has 0 unspecified atom stereocenters. The van der Waals surface area contributed by atoms with Gasteiger partial charge in [-0.3, -0.25) is 0 Å². The monoisotopic (exact) mass is 360 g/mol. The van der Waals surface area contributed by atoms with Crippen LogP contribution in [0.25, 0.3) is 0 Å². The Balaban J connectivity index is 1.86. The maximum Gasteiger partial charge on any atom is 0.338 e. The van der Waals surface area contributed by atoms with Gasteiger partial charge in [-0.05, 0) is 61.3 Å². The zero-order chi connectivity index (χ0) is 18.9. The third-order valence-corrected chi connectivity index (χ3v) is 5.58. The highest BCUT2D eigenvalue weighted by Crippen LogP contribution is 2.35. The van der Waals surface area contributed by atoms with Gasteiger partial charge in [-0.25, -0.2) is 4.79 Å². The van der Waals surface area contributed by atoms with Crippen LogP contribution in [0.4, 0.5) is 0 Å². The van der Waals surface area contributed by atoms with Crippen LogP contribution in [0.5, 0.6) is 5.75 Å². The summed E-state index contributed by atoms with van der Waals surface area (Å²) in [4.78, 5) is 12.6. The first-order chi connectivity index (χ1) is 12.5. The second-order valence-corrected chi connectivity index (χ2v) is 8.20. The van der Waals surface area contributed by atoms with Crippen molar-refractivity contribution >= 4 is 5.97 Å². The van der Waals surface area contributed by atoms with Gasteiger partial charge in [0, 0.05) is 0 Å². The van der Waals surface area contributed by atoms with Crippen molar-refractivity contribution < 1.29 is 14.3 Å². The first-order valence-corrected chi connectivity index (χ1v) is 10.4. The molecule has 3 nitrogen and oxygen atoms in total. The first kappa shape index (κ1) is 20.8. The number of ether oxygens (including phenoxy) is 2. The highest BCUT2D eigenvalue weighted by atomic mass is 16.5. The number of benzene rings is 1. The molecule has 1 aliphatic carbocycles. The number of hydrogen-bond donors (Lipinski definition) is 0. The van der Waals surface area contributed by atoms with Crippen molar-refractivity contribution in [2.24, 2.45) is 17.8 Å². The highest BCUT2D eigenvalue weighted by molar-refractivity contribution is 5.89. The van der Waals surface area contributed by atoms with E-state index in [1.54, 1.807) is 0 Å². The molecule has 0 bridgehead atoms.